The highest BCUT2D eigenvalue weighted by atomic mass is 32.2. The lowest BCUT2D eigenvalue weighted by Crippen LogP contribution is -2.27. The van der Waals surface area contributed by atoms with Gasteiger partial charge in [0.2, 0.25) is 0 Å². The normalized spacial score (nSPS) is 16.1. The van der Waals surface area contributed by atoms with Crippen LogP contribution in [0.5, 0.6) is 11.5 Å². The van der Waals surface area contributed by atoms with Gasteiger partial charge in [-0.15, -0.1) is 6.58 Å². The predicted molar refractivity (Wildman–Crippen MR) is 91.7 cm³/mol. The van der Waals surface area contributed by atoms with E-state index in [9.17, 15) is 9.59 Å². The second-order valence-corrected chi connectivity index (χ2v) is 5.64. The molecule has 2 rings (SSSR count). The number of imide groups is 1. The number of rotatable bonds is 7. The summed E-state index contributed by atoms with van der Waals surface area (Å²) in [6, 6.07) is 5.41. The average molecular weight is 333 g/mol. The molecule has 1 fully saturated rings. The molecule has 1 aromatic rings. The molecule has 1 saturated heterocycles. The van der Waals surface area contributed by atoms with E-state index in [2.05, 4.69) is 6.58 Å². The van der Waals surface area contributed by atoms with Crippen LogP contribution < -0.4 is 9.47 Å². The molecule has 0 unspecified atom stereocenters. The smallest absolute Gasteiger partial charge is 0.293 e. The molecule has 0 N–H and O–H groups in total. The van der Waals surface area contributed by atoms with Crippen molar-refractivity contribution in [2.45, 2.75) is 13.8 Å². The lowest BCUT2D eigenvalue weighted by atomic mass is 10.1. The fourth-order valence-electron chi connectivity index (χ4n) is 2.10. The zero-order valence-electron chi connectivity index (χ0n) is 13.2. The maximum Gasteiger partial charge on any atom is 0.293 e. The Hall–Kier alpha value is -2.21. The minimum atomic E-state index is -0.309. The van der Waals surface area contributed by atoms with Crippen LogP contribution >= 0.6 is 11.8 Å². The zero-order valence-corrected chi connectivity index (χ0v) is 14.0. The molecule has 122 valence electrons. The maximum atomic E-state index is 12.3. The first-order valence-corrected chi connectivity index (χ1v) is 8.18. The summed E-state index contributed by atoms with van der Waals surface area (Å²) in [6.07, 6.45) is 3.20. The van der Waals surface area contributed by atoms with Gasteiger partial charge in [-0.1, -0.05) is 6.08 Å². The Bertz CT molecular complexity index is 654. The summed E-state index contributed by atoms with van der Waals surface area (Å²) in [6.45, 7) is 8.62. The summed E-state index contributed by atoms with van der Waals surface area (Å²) in [7, 11) is 0. The summed E-state index contributed by atoms with van der Waals surface area (Å²) in [5.74, 6) is 1.01. The first kappa shape index (κ1) is 17.1. The van der Waals surface area contributed by atoms with Gasteiger partial charge in [0.05, 0.1) is 18.1 Å². The number of hydrogen-bond donors (Lipinski definition) is 0. The number of nitrogens with zero attached hydrogens (tertiary/aromatic N) is 1. The van der Waals surface area contributed by atoms with Gasteiger partial charge in [-0.3, -0.25) is 14.5 Å². The highest BCUT2D eigenvalue weighted by Gasteiger charge is 2.34. The van der Waals surface area contributed by atoms with E-state index in [0.717, 1.165) is 17.3 Å². The summed E-state index contributed by atoms with van der Waals surface area (Å²) >= 11 is 0.922. The highest BCUT2D eigenvalue weighted by Crippen LogP contribution is 2.35. The monoisotopic (exact) mass is 333 g/mol. The molecule has 0 bridgehead atoms. The molecule has 0 saturated carbocycles. The van der Waals surface area contributed by atoms with Gasteiger partial charge in [-0.2, -0.15) is 0 Å². The third-order valence-electron chi connectivity index (χ3n) is 3.07. The zero-order chi connectivity index (χ0) is 16.8. The molecule has 6 heteroatoms. The Morgan fingerprint density at radius 2 is 1.96 bits per heavy atom. The third kappa shape index (κ3) is 3.96. The van der Waals surface area contributed by atoms with Crippen molar-refractivity contribution in [2.24, 2.45) is 0 Å². The largest absolute Gasteiger partial charge is 0.494 e. The van der Waals surface area contributed by atoms with E-state index in [1.165, 1.54) is 11.0 Å². The predicted octanol–water partition coefficient (Wildman–Crippen LogP) is 3.71. The number of thioether (sulfide) groups is 1. The lowest BCUT2D eigenvalue weighted by Gasteiger charge is -2.11. The highest BCUT2D eigenvalue weighted by molar-refractivity contribution is 8.18. The summed E-state index contributed by atoms with van der Waals surface area (Å²) < 4.78 is 11.1. The van der Waals surface area contributed by atoms with Crippen LogP contribution in [0.2, 0.25) is 0 Å². The minimum absolute atomic E-state index is 0.212. The van der Waals surface area contributed by atoms with Gasteiger partial charge >= 0.3 is 0 Å². The van der Waals surface area contributed by atoms with Crippen molar-refractivity contribution in [1.29, 1.82) is 0 Å². The van der Waals surface area contributed by atoms with Crippen LogP contribution in [0, 0.1) is 0 Å². The molecule has 1 heterocycles. The molecule has 1 aliphatic heterocycles. The van der Waals surface area contributed by atoms with Gasteiger partial charge in [0.15, 0.2) is 0 Å². The van der Waals surface area contributed by atoms with Crippen molar-refractivity contribution in [3.63, 3.8) is 0 Å². The van der Waals surface area contributed by atoms with Crippen LogP contribution in [0.25, 0.3) is 6.08 Å². The third-order valence-corrected chi connectivity index (χ3v) is 3.98. The first-order chi connectivity index (χ1) is 11.1. The number of amides is 2. The fourth-order valence-corrected chi connectivity index (χ4v) is 2.94. The lowest BCUT2D eigenvalue weighted by molar-refractivity contribution is -0.122. The van der Waals surface area contributed by atoms with Gasteiger partial charge in [0.1, 0.15) is 11.5 Å². The van der Waals surface area contributed by atoms with Crippen LogP contribution in [0.1, 0.15) is 19.4 Å². The van der Waals surface area contributed by atoms with Gasteiger partial charge in [0.25, 0.3) is 11.1 Å². The standard InChI is InChI=1S/C17H19NO4S/c1-4-9-18-16(19)15(23-17(18)20)10-12-7-8-13(21-5-2)11-14(12)22-6-3/h4,7-8,10-11H,1,5-6,9H2,2-3H3/b15-10+. The van der Waals surface area contributed by atoms with Gasteiger partial charge < -0.3 is 9.47 Å². The van der Waals surface area contributed by atoms with Crippen LogP contribution in [0.4, 0.5) is 4.79 Å². The Morgan fingerprint density at radius 1 is 1.22 bits per heavy atom. The van der Waals surface area contributed by atoms with Gasteiger partial charge in [-0.25, -0.2) is 0 Å². The van der Waals surface area contributed by atoms with Crippen molar-refractivity contribution in [1.82, 2.24) is 4.90 Å². The number of carbonyl (C=O) groups excluding carboxylic acids is 2. The van der Waals surface area contributed by atoms with Crippen molar-refractivity contribution in [2.75, 3.05) is 19.8 Å². The molecule has 1 aromatic carbocycles. The van der Waals surface area contributed by atoms with E-state index in [-0.39, 0.29) is 17.7 Å². The van der Waals surface area contributed by atoms with E-state index < -0.39 is 0 Å². The molecular formula is C17H19NO4S. The topological polar surface area (TPSA) is 55.8 Å². The van der Waals surface area contributed by atoms with Crippen LogP contribution in [-0.2, 0) is 4.79 Å². The number of hydrogen-bond acceptors (Lipinski definition) is 5. The van der Waals surface area contributed by atoms with E-state index >= 15 is 0 Å². The molecule has 0 aliphatic carbocycles. The molecule has 0 radical (unpaired) electrons. The Kier molecular flexibility index (Phi) is 5.87. The Labute approximate surface area is 139 Å². The second kappa shape index (κ2) is 7.87. The number of ether oxygens (including phenoxy) is 2. The minimum Gasteiger partial charge on any atom is -0.494 e. The Morgan fingerprint density at radius 3 is 2.61 bits per heavy atom. The maximum absolute atomic E-state index is 12.3. The fraction of sp³-hybridized carbons (Fsp3) is 0.294. The van der Waals surface area contributed by atoms with Crippen LogP contribution in [0.3, 0.4) is 0 Å². The molecular weight excluding hydrogens is 314 g/mol. The molecule has 1 aliphatic rings. The number of carbonyl (C=O) groups is 2. The van der Waals surface area contributed by atoms with Crippen molar-refractivity contribution in [3.8, 4) is 11.5 Å². The molecule has 0 atom stereocenters. The van der Waals surface area contributed by atoms with Crippen LogP contribution in [-0.4, -0.2) is 35.8 Å². The first-order valence-electron chi connectivity index (χ1n) is 7.36. The summed E-state index contributed by atoms with van der Waals surface area (Å²) in [5.41, 5.74) is 0.736. The van der Waals surface area contributed by atoms with Crippen LogP contribution in [0.15, 0.2) is 35.8 Å². The number of benzene rings is 1. The van der Waals surface area contributed by atoms with Gasteiger partial charge in [0, 0.05) is 18.2 Å². The summed E-state index contributed by atoms with van der Waals surface area (Å²) in [5, 5.41) is -0.287. The SMILES string of the molecule is C=CCN1C(=O)S/C(=C/c2ccc(OCC)cc2OCC)C1=O. The average Bonchev–Trinajstić information content (AvgIpc) is 2.78. The molecule has 2 amide bonds. The van der Waals surface area contributed by atoms with E-state index in [0.29, 0.717) is 29.6 Å². The van der Waals surface area contributed by atoms with Crippen molar-refractivity contribution >= 4 is 29.0 Å². The van der Waals surface area contributed by atoms with Gasteiger partial charge in [-0.05, 0) is 43.8 Å². The van der Waals surface area contributed by atoms with Crippen molar-refractivity contribution in [3.05, 3.63) is 41.3 Å². The Balaban J connectivity index is 2.32. The van der Waals surface area contributed by atoms with E-state index in [4.69, 9.17) is 9.47 Å². The quantitative estimate of drug-likeness (QED) is 0.562. The van der Waals surface area contributed by atoms with E-state index in [1.54, 1.807) is 12.1 Å². The van der Waals surface area contributed by atoms with Crippen molar-refractivity contribution < 1.29 is 19.1 Å². The second-order valence-electron chi connectivity index (χ2n) is 4.65. The summed E-state index contributed by atoms with van der Waals surface area (Å²) in [4.78, 5) is 25.6. The van der Waals surface area contributed by atoms with E-state index in [1.807, 2.05) is 26.0 Å². The molecule has 0 aromatic heterocycles. The molecule has 5 nitrogen and oxygen atoms in total. The molecule has 0 spiro atoms. The molecule has 23 heavy (non-hydrogen) atoms.